The van der Waals surface area contributed by atoms with E-state index in [-0.39, 0.29) is 135 Å². The third kappa shape index (κ3) is 19.0. The number of carbonyl (C=O) groups excluding carboxylic acids is 10. The molecule has 6 amide bonds. The number of nitrogens with one attached hydrogen (secondary N) is 4. The lowest BCUT2D eigenvalue weighted by Gasteiger charge is -2.36. The summed E-state index contributed by atoms with van der Waals surface area (Å²) in [5.41, 5.74) is 8.09. The Kier molecular flexibility index (Phi) is 27.4. The number of aromatic nitrogens is 2. The number of Topliss-reactive ketones (excluding diaryl/α,β-unsaturated/α-hetero) is 2. The number of aryl methyl sites for hydroxylation is 2. The van der Waals surface area contributed by atoms with Crippen molar-refractivity contribution >= 4 is 113 Å². The zero-order valence-corrected chi connectivity index (χ0v) is 76.9. The molecule has 2 saturated carbocycles. The molecule has 2 fully saturated rings. The second kappa shape index (κ2) is 39.9. The standard InChI is InChI=1S/2C53H54N4O9S/c1-3-56(36-10-8-9-32(2)25-36)49(61)31-57-43-21-24-67-48(43)30-44(57)45(60)26-33-11-13-34(14-12-33)50(62)54-22-6-4-5-7-23-55-51(63)35-15-18-40-39(27-35)52(64)66-53(40)41-19-16-37(58)28-46(41)65-47-29-38(59)17-20-42(47)53;1-3-56(36-10-8-9-32(2)25-36)49(61)31-57-43-21-24-67-48(43)30-44(57)45(60)26-33-11-13-34(14-12-33)50(62)54-22-6-4-5-7-23-55-51(63)35-15-18-39-42(27-35)53(66-52(39)64)40-19-16-37(58)28-46(40)65-47-29-38(59)17-20-41(47)53/h2*8-10,15-21,24-25,27-30,33-34,58-59H,3-7,11-14,22-23,26,31H2,1-2H3,(H,54,62)(H,55,63). The Hall–Kier alpha value is -13.9. The molecule has 0 saturated heterocycles. The number of hydrogen-bond acceptors (Lipinski definition) is 20. The van der Waals surface area contributed by atoms with E-state index in [2.05, 4.69) is 21.3 Å². The summed E-state index contributed by atoms with van der Waals surface area (Å²) in [5, 5.41) is 56.9. The van der Waals surface area contributed by atoms with Gasteiger partial charge < -0.3 is 79.6 Å². The molecule has 0 atom stereocenters. The fourth-order valence-corrected chi connectivity index (χ4v) is 21.6. The van der Waals surface area contributed by atoms with Crippen LogP contribution in [-0.4, -0.2) is 128 Å². The quantitative estimate of drug-likeness (QED) is 0.0110. The number of phenolic OH excluding ortho intramolecular Hbond substituents is 4. The second-order valence-electron chi connectivity index (χ2n) is 35.7. The number of ether oxygens (including phenoxy) is 4. The summed E-state index contributed by atoms with van der Waals surface area (Å²) >= 11 is 3.13. The van der Waals surface area contributed by atoms with Crippen molar-refractivity contribution in [3.05, 3.63) is 271 Å². The molecule has 12 aromatic rings. The lowest BCUT2D eigenvalue weighted by atomic mass is 9.77. The van der Waals surface area contributed by atoms with Crippen LogP contribution in [0.25, 0.3) is 20.4 Å². The fraction of sp³-hybridized carbons (Fsp3) is 0.340. The van der Waals surface area contributed by atoms with Gasteiger partial charge in [0.15, 0.2) is 22.8 Å². The van der Waals surface area contributed by atoms with Crippen LogP contribution < -0.4 is 40.5 Å². The van der Waals surface area contributed by atoms with Crippen LogP contribution in [0.15, 0.2) is 193 Å². The number of thiophene rings is 2. The highest BCUT2D eigenvalue weighted by Gasteiger charge is 2.56. The summed E-state index contributed by atoms with van der Waals surface area (Å²) in [4.78, 5) is 138. The highest BCUT2D eigenvalue weighted by atomic mass is 32.1. The van der Waals surface area contributed by atoms with Gasteiger partial charge in [-0.25, -0.2) is 9.59 Å². The highest BCUT2D eigenvalue weighted by molar-refractivity contribution is 7.17. The molecule has 134 heavy (non-hydrogen) atoms. The van der Waals surface area contributed by atoms with Gasteiger partial charge in [0.1, 0.15) is 59.1 Å². The predicted octanol–water partition coefficient (Wildman–Crippen LogP) is 19.1. The molecule has 26 nitrogen and oxygen atoms in total. The average molecular weight is 1850 g/mol. The minimum absolute atomic E-state index is 0.0334. The van der Waals surface area contributed by atoms with Gasteiger partial charge in [-0.3, -0.25) is 38.4 Å². The van der Waals surface area contributed by atoms with Crippen molar-refractivity contribution in [2.75, 3.05) is 49.1 Å². The number of aromatic hydroxyl groups is 4. The second-order valence-corrected chi connectivity index (χ2v) is 37.6. The number of benzene rings is 8. The molecule has 4 aromatic heterocycles. The topological polar surface area (TPSA) is 353 Å². The minimum atomic E-state index is -1.46. The average Bonchev–Trinajstić information content (AvgIpc) is 1.52. The smallest absolute Gasteiger partial charge is 0.340 e. The maximum atomic E-state index is 13.8. The fourth-order valence-electron chi connectivity index (χ4n) is 20.0. The number of carbonyl (C=O) groups is 10. The number of rotatable bonds is 32. The van der Waals surface area contributed by atoms with E-state index < -0.39 is 23.1 Å². The number of anilines is 2. The summed E-state index contributed by atoms with van der Waals surface area (Å²) in [6.45, 7) is 11.2. The van der Waals surface area contributed by atoms with Crippen molar-refractivity contribution in [3.8, 4) is 46.0 Å². The Morgan fingerprint density at radius 1 is 0.403 bits per heavy atom. The molecule has 2 aliphatic carbocycles. The van der Waals surface area contributed by atoms with Gasteiger partial charge in [-0.2, -0.15) is 0 Å². The molecule has 8 heterocycles. The van der Waals surface area contributed by atoms with Gasteiger partial charge in [0.2, 0.25) is 23.6 Å². The molecule has 8 aromatic carbocycles. The van der Waals surface area contributed by atoms with Gasteiger partial charge >= 0.3 is 11.9 Å². The number of unbranched alkanes of at least 4 members (excludes halogenated alkanes) is 6. The maximum Gasteiger partial charge on any atom is 0.340 e. The van der Waals surface area contributed by atoms with Gasteiger partial charge in [0.25, 0.3) is 11.8 Å². The lowest BCUT2D eigenvalue weighted by molar-refractivity contribution is -0.127. The number of likely N-dealkylation sites (N-methyl/N-ethyl adjacent to an activating group) is 2. The third-order valence-electron chi connectivity index (χ3n) is 26.9. The van der Waals surface area contributed by atoms with Crippen LogP contribution in [0.1, 0.15) is 236 Å². The molecule has 28 heteroatoms. The highest BCUT2D eigenvalue weighted by Crippen LogP contribution is 2.59. The summed E-state index contributed by atoms with van der Waals surface area (Å²) in [6, 6.07) is 51.5. The van der Waals surface area contributed by atoms with Gasteiger partial charge in [0.05, 0.1) is 42.9 Å². The van der Waals surface area contributed by atoms with E-state index in [0.29, 0.717) is 114 Å². The SMILES string of the molecule is CCN(C(=O)Cn1c(C(=O)CC2CCC(C(=O)NCCCCCCNC(=O)c3ccc4c(c3)C(=O)OC43c4ccc(O)cc4Oc4cc(O)ccc43)CC2)cc2sccc21)c1cccc(C)c1.CCN(C(=O)Cn1c(C(=O)CC2CCC(C(=O)NCCCCCCNC(=O)c3ccc4c(c3)C3(OC4=O)c4ccc(O)cc4Oc4cc(O)ccc43)CC2)cc2sccc21)c1cccc(C)c1. The molecular formula is C106H108N8O18S2. The number of ketones is 2. The van der Waals surface area contributed by atoms with E-state index in [1.165, 1.54) is 54.6 Å². The van der Waals surface area contributed by atoms with Crippen molar-refractivity contribution < 1.29 is 87.3 Å². The molecule has 0 bridgehead atoms. The summed E-state index contributed by atoms with van der Waals surface area (Å²) < 4.78 is 30.0. The van der Waals surface area contributed by atoms with Gasteiger partial charge in [-0.15, -0.1) is 22.7 Å². The molecule has 2 spiro atoms. The maximum absolute atomic E-state index is 13.8. The van der Waals surface area contributed by atoms with E-state index in [4.69, 9.17) is 18.9 Å². The van der Waals surface area contributed by atoms with Crippen molar-refractivity contribution in [3.63, 3.8) is 0 Å². The summed E-state index contributed by atoms with van der Waals surface area (Å²) in [6.07, 6.45) is 13.5. The van der Waals surface area contributed by atoms with Crippen molar-refractivity contribution in [1.82, 2.24) is 30.4 Å². The van der Waals surface area contributed by atoms with Crippen LogP contribution >= 0.6 is 22.7 Å². The third-order valence-corrected chi connectivity index (χ3v) is 28.6. The first kappa shape index (κ1) is 92.0. The molecule has 6 aliphatic rings. The van der Waals surface area contributed by atoms with E-state index in [0.717, 1.165) is 146 Å². The van der Waals surface area contributed by atoms with Crippen LogP contribution in [0.4, 0.5) is 11.4 Å². The molecule has 0 radical (unpaired) electrons. The van der Waals surface area contributed by atoms with Crippen LogP contribution in [0.2, 0.25) is 0 Å². The number of esters is 2. The van der Waals surface area contributed by atoms with E-state index in [9.17, 15) is 68.4 Å². The first-order valence-electron chi connectivity index (χ1n) is 46.4. The molecule has 0 unspecified atom stereocenters. The molecule has 18 rings (SSSR count). The number of nitrogens with zero attached hydrogens (tertiary/aromatic N) is 4. The molecular weight excluding hydrogens is 1740 g/mol. The normalized spacial score (nSPS) is 16.7. The number of amides is 6. The zero-order chi connectivity index (χ0) is 93.6. The summed E-state index contributed by atoms with van der Waals surface area (Å²) in [7, 11) is 0. The van der Waals surface area contributed by atoms with Gasteiger partial charge in [-0.1, -0.05) is 56.0 Å². The van der Waals surface area contributed by atoms with E-state index in [1.54, 1.807) is 87.1 Å². The van der Waals surface area contributed by atoms with Gasteiger partial charge in [0, 0.05) is 144 Å². The first-order valence-corrected chi connectivity index (χ1v) is 48.1. The van der Waals surface area contributed by atoms with Crippen LogP contribution in [0.5, 0.6) is 46.0 Å². The first-order chi connectivity index (χ1) is 64.9. The minimum Gasteiger partial charge on any atom is -0.508 e. The predicted molar refractivity (Wildman–Crippen MR) is 511 cm³/mol. The molecule has 4 aliphatic heterocycles. The van der Waals surface area contributed by atoms with Crippen molar-refractivity contribution in [2.24, 2.45) is 23.7 Å². The molecule has 8 N–H and O–H groups in total. The number of fused-ring (bicyclic) bond motifs is 14. The lowest BCUT2D eigenvalue weighted by Crippen LogP contribution is -2.35. The van der Waals surface area contributed by atoms with E-state index in [1.807, 2.05) is 120 Å². The van der Waals surface area contributed by atoms with Gasteiger partial charge in [-0.05, 0) is 266 Å². The molecule has 692 valence electrons. The van der Waals surface area contributed by atoms with Crippen LogP contribution in [0, 0.1) is 37.5 Å². The Bertz CT molecular complexity index is 6460. The Labute approximate surface area is 783 Å². The number of hydrogen-bond donors (Lipinski definition) is 8. The Balaban J connectivity index is 0.000000187. The Morgan fingerprint density at radius 3 is 1.18 bits per heavy atom. The monoisotopic (exact) mass is 1840 g/mol. The van der Waals surface area contributed by atoms with Crippen LogP contribution in [-0.2, 0) is 52.9 Å². The Morgan fingerprint density at radius 2 is 0.776 bits per heavy atom. The summed E-state index contributed by atoms with van der Waals surface area (Å²) in [5.74, 6) is -0.610. The largest absolute Gasteiger partial charge is 0.508 e. The van der Waals surface area contributed by atoms with E-state index >= 15 is 0 Å². The number of phenols is 4. The van der Waals surface area contributed by atoms with Crippen LogP contribution in [0.3, 0.4) is 0 Å². The van der Waals surface area contributed by atoms with Crippen molar-refractivity contribution in [1.29, 1.82) is 0 Å². The zero-order valence-electron chi connectivity index (χ0n) is 75.3. The van der Waals surface area contributed by atoms with Crippen molar-refractivity contribution in [2.45, 2.75) is 168 Å².